The van der Waals surface area contributed by atoms with Crippen LogP contribution in [0.15, 0.2) is 45.8 Å². The van der Waals surface area contributed by atoms with Crippen molar-refractivity contribution in [3.63, 3.8) is 0 Å². The third-order valence-corrected chi connectivity index (χ3v) is 5.92. The zero-order valence-electron chi connectivity index (χ0n) is 14.2. The molecule has 0 spiro atoms. The first-order chi connectivity index (χ1) is 12.9. The molecule has 1 saturated heterocycles. The summed E-state index contributed by atoms with van der Waals surface area (Å²) in [7, 11) is 0. The highest BCUT2D eigenvalue weighted by molar-refractivity contribution is 9.10. The molecule has 0 N–H and O–H groups in total. The van der Waals surface area contributed by atoms with E-state index in [2.05, 4.69) is 15.9 Å². The van der Waals surface area contributed by atoms with Crippen molar-refractivity contribution < 1.29 is 14.3 Å². The van der Waals surface area contributed by atoms with Gasteiger partial charge < -0.3 is 4.74 Å². The van der Waals surface area contributed by atoms with Gasteiger partial charge in [0.15, 0.2) is 0 Å². The Morgan fingerprint density at radius 2 is 1.89 bits per heavy atom. The predicted octanol–water partition coefficient (Wildman–Crippen LogP) is 6.39. The monoisotopic (exact) mass is 485 g/mol. The summed E-state index contributed by atoms with van der Waals surface area (Å²) in [5.74, 6) is 0.255. The minimum Gasteiger partial charge on any atom is -0.493 e. The number of benzene rings is 2. The molecule has 0 saturated carbocycles. The molecule has 140 valence electrons. The van der Waals surface area contributed by atoms with Gasteiger partial charge in [0.25, 0.3) is 11.1 Å². The number of ether oxygens (including phenoxy) is 1. The van der Waals surface area contributed by atoms with Crippen LogP contribution in [0.5, 0.6) is 5.75 Å². The van der Waals surface area contributed by atoms with Gasteiger partial charge in [-0.2, -0.15) is 0 Å². The Morgan fingerprint density at radius 3 is 2.56 bits per heavy atom. The molecule has 1 fully saturated rings. The van der Waals surface area contributed by atoms with Crippen molar-refractivity contribution in [1.29, 1.82) is 0 Å². The van der Waals surface area contributed by atoms with Crippen LogP contribution in [0.4, 0.5) is 4.79 Å². The molecule has 1 aliphatic rings. The van der Waals surface area contributed by atoms with Crippen molar-refractivity contribution in [2.75, 3.05) is 6.61 Å². The number of hydrogen-bond acceptors (Lipinski definition) is 4. The standard InChI is InChI=1S/C19H14BrCl2NO3S/c1-2-26-16-7-6-12(20)8-11(16)9-17-18(24)23(19(25)27-17)10-13-14(21)4-3-5-15(13)22/h3-9H,2,10H2,1H3/b17-9+. The molecule has 27 heavy (non-hydrogen) atoms. The topological polar surface area (TPSA) is 46.6 Å². The summed E-state index contributed by atoms with van der Waals surface area (Å²) in [6.07, 6.45) is 1.66. The van der Waals surface area contributed by atoms with Gasteiger partial charge in [-0.1, -0.05) is 45.2 Å². The van der Waals surface area contributed by atoms with Gasteiger partial charge in [-0.05, 0) is 55.1 Å². The van der Waals surface area contributed by atoms with Crippen LogP contribution < -0.4 is 4.74 Å². The van der Waals surface area contributed by atoms with E-state index in [0.29, 0.717) is 38.4 Å². The minimum atomic E-state index is -0.386. The Bertz CT molecular complexity index is 928. The van der Waals surface area contributed by atoms with Gasteiger partial charge in [0.2, 0.25) is 0 Å². The second-order valence-electron chi connectivity index (χ2n) is 5.58. The largest absolute Gasteiger partial charge is 0.493 e. The number of hydrogen-bond donors (Lipinski definition) is 0. The summed E-state index contributed by atoms with van der Waals surface area (Å²) in [6.45, 7) is 2.40. The van der Waals surface area contributed by atoms with E-state index in [1.165, 1.54) is 0 Å². The third-order valence-electron chi connectivity index (χ3n) is 3.81. The van der Waals surface area contributed by atoms with Crippen LogP contribution in [0.25, 0.3) is 6.08 Å². The molecule has 2 amide bonds. The molecule has 3 rings (SSSR count). The first-order valence-electron chi connectivity index (χ1n) is 8.01. The van der Waals surface area contributed by atoms with Gasteiger partial charge in [-0.3, -0.25) is 14.5 Å². The summed E-state index contributed by atoms with van der Waals surface area (Å²) in [5, 5.41) is 0.461. The average molecular weight is 487 g/mol. The van der Waals surface area contributed by atoms with Gasteiger partial charge in [0.1, 0.15) is 5.75 Å². The summed E-state index contributed by atoms with van der Waals surface area (Å²) in [6, 6.07) is 10.6. The molecule has 0 radical (unpaired) electrons. The maximum Gasteiger partial charge on any atom is 0.293 e. The zero-order chi connectivity index (χ0) is 19.6. The molecule has 0 aliphatic carbocycles. The van der Waals surface area contributed by atoms with E-state index in [-0.39, 0.29) is 17.7 Å². The smallest absolute Gasteiger partial charge is 0.293 e. The lowest BCUT2D eigenvalue weighted by Crippen LogP contribution is -2.27. The number of amides is 2. The van der Waals surface area contributed by atoms with Gasteiger partial charge in [0, 0.05) is 25.6 Å². The molecule has 0 bridgehead atoms. The van der Waals surface area contributed by atoms with Gasteiger partial charge >= 0.3 is 0 Å². The summed E-state index contributed by atoms with van der Waals surface area (Å²) < 4.78 is 6.45. The second-order valence-corrected chi connectivity index (χ2v) is 8.31. The quantitative estimate of drug-likeness (QED) is 0.459. The van der Waals surface area contributed by atoms with Crippen molar-refractivity contribution in [1.82, 2.24) is 4.90 Å². The van der Waals surface area contributed by atoms with Crippen molar-refractivity contribution in [3.8, 4) is 5.75 Å². The van der Waals surface area contributed by atoms with E-state index in [0.717, 1.165) is 21.1 Å². The number of halogens is 3. The average Bonchev–Trinajstić information content (AvgIpc) is 2.88. The molecular weight excluding hydrogens is 473 g/mol. The summed E-state index contributed by atoms with van der Waals surface area (Å²) in [4.78, 5) is 26.6. The molecule has 1 aliphatic heterocycles. The molecule has 4 nitrogen and oxygen atoms in total. The maximum atomic E-state index is 12.8. The third kappa shape index (κ3) is 4.51. The summed E-state index contributed by atoms with van der Waals surface area (Å²) in [5.41, 5.74) is 1.26. The first kappa shape index (κ1) is 20.3. The fourth-order valence-electron chi connectivity index (χ4n) is 2.54. The van der Waals surface area contributed by atoms with Crippen LogP contribution in [0, 0.1) is 0 Å². The van der Waals surface area contributed by atoms with Crippen LogP contribution in [-0.2, 0) is 11.3 Å². The summed E-state index contributed by atoms with van der Waals surface area (Å²) >= 11 is 16.6. The number of thioether (sulfide) groups is 1. The molecular formula is C19H14BrCl2NO3S. The Hall–Kier alpha value is -1.47. The SMILES string of the molecule is CCOc1ccc(Br)cc1/C=C1/SC(=O)N(Cc2c(Cl)cccc2Cl)C1=O. The van der Waals surface area contributed by atoms with E-state index in [1.54, 1.807) is 24.3 Å². The number of carbonyl (C=O) groups is 2. The zero-order valence-corrected chi connectivity index (χ0v) is 18.1. The lowest BCUT2D eigenvalue weighted by molar-refractivity contribution is -0.123. The fraction of sp³-hybridized carbons (Fsp3) is 0.158. The van der Waals surface area contributed by atoms with E-state index >= 15 is 0 Å². The molecule has 8 heteroatoms. The van der Waals surface area contributed by atoms with Crippen molar-refractivity contribution in [2.45, 2.75) is 13.5 Å². The minimum absolute atomic E-state index is 0.0251. The number of carbonyl (C=O) groups excluding carboxylic acids is 2. The van der Waals surface area contributed by atoms with E-state index < -0.39 is 0 Å². The number of rotatable bonds is 5. The highest BCUT2D eigenvalue weighted by Gasteiger charge is 2.36. The lowest BCUT2D eigenvalue weighted by atomic mass is 10.1. The predicted molar refractivity (Wildman–Crippen MR) is 113 cm³/mol. The molecule has 1 heterocycles. The molecule has 2 aromatic carbocycles. The second kappa shape index (κ2) is 8.69. The Labute approximate surface area is 179 Å². The van der Waals surface area contributed by atoms with Crippen molar-refractivity contribution >= 4 is 68.1 Å². The van der Waals surface area contributed by atoms with Crippen molar-refractivity contribution in [3.05, 3.63) is 66.9 Å². The molecule has 0 atom stereocenters. The molecule has 0 aromatic heterocycles. The van der Waals surface area contributed by atoms with E-state index in [9.17, 15) is 9.59 Å². The molecule has 0 unspecified atom stereocenters. The van der Waals surface area contributed by atoms with Crippen LogP contribution in [-0.4, -0.2) is 22.7 Å². The fourth-order valence-corrected chi connectivity index (χ4v) is 4.26. The Morgan fingerprint density at radius 1 is 1.19 bits per heavy atom. The maximum absolute atomic E-state index is 12.8. The van der Waals surface area contributed by atoms with Gasteiger partial charge in [0.05, 0.1) is 18.1 Å². The molecule has 2 aromatic rings. The highest BCUT2D eigenvalue weighted by Crippen LogP contribution is 2.37. The van der Waals surface area contributed by atoms with Gasteiger partial charge in [-0.25, -0.2) is 0 Å². The van der Waals surface area contributed by atoms with E-state index in [4.69, 9.17) is 27.9 Å². The number of nitrogens with zero attached hydrogens (tertiary/aromatic N) is 1. The lowest BCUT2D eigenvalue weighted by Gasteiger charge is -2.14. The Balaban J connectivity index is 1.90. The Kier molecular flexibility index (Phi) is 6.52. The van der Waals surface area contributed by atoms with Crippen LogP contribution in [0.3, 0.4) is 0 Å². The van der Waals surface area contributed by atoms with Crippen LogP contribution >= 0.6 is 50.9 Å². The van der Waals surface area contributed by atoms with Crippen molar-refractivity contribution in [2.24, 2.45) is 0 Å². The van der Waals surface area contributed by atoms with Gasteiger partial charge in [-0.15, -0.1) is 0 Å². The van der Waals surface area contributed by atoms with Crippen LogP contribution in [0.2, 0.25) is 10.0 Å². The first-order valence-corrected chi connectivity index (χ1v) is 10.4. The number of imide groups is 1. The highest BCUT2D eigenvalue weighted by atomic mass is 79.9. The van der Waals surface area contributed by atoms with E-state index in [1.807, 2.05) is 25.1 Å². The normalized spacial score (nSPS) is 15.7. The van der Waals surface area contributed by atoms with Crippen LogP contribution in [0.1, 0.15) is 18.1 Å².